The molecule has 2 heterocycles. The van der Waals surface area contributed by atoms with Crippen molar-refractivity contribution in [2.75, 3.05) is 0 Å². The van der Waals surface area contributed by atoms with Crippen LogP contribution < -0.4 is 10.3 Å². The highest BCUT2D eigenvalue weighted by atomic mass is 32.1. The van der Waals surface area contributed by atoms with Crippen molar-refractivity contribution in [3.05, 3.63) is 56.4 Å². The maximum atomic E-state index is 12.5. The molecule has 0 bridgehead atoms. The van der Waals surface area contributed by atoms with Gasteiger partial charge in [0.05, 0.1) is 10.9 Å². The number of esters is 1. The van der Waals surface area contributed by atoms with E-state index in [1.54, 1.807) is 0 Å². The molecule has 0 amide bonds. The lowest BCUT2D eigenvalue weighted by atomic mass is 9.97. The quantitative estimate of drug-likeness (QED) is 0.652. The number of fused-ring (bicyclic) bond motifs is 3. The number of aryl methyl sites for hydroxylation is 2. The summed E-state index contributed by atoms with van der Waals surface area (Å²) in [5.74, 6) is -0.441. The molecule has 3 aromatic rings. The molecular formula is C19H16F2N2O4S. The zero-order valence-electron chi connectivity index (χ0n) is 14.7. The number of nitrogens with one attached hydrogen (secondary N) is 1. The first-order chi connectivity index (χ1) is 13.5. The summed E-state index contributed by atoms with van der Waals surface area (Å²) < 4.78 is 33.7. The van der Waals surface area contributed by atoms with E-state index in [2.05, 4.69) is 14.7 Å². The van der Waals surface area contributed by atoms with Crippen LogP contribution in [0.15, 0.2) is 29.1 Å². The van der Waals surface area contributed by atoms with Crippen molar-refractivity contribution in [3.8, 4) is 5.75 Å². The normalized spacial score (nSPS) is 13.5. The number of aromatic amines is 1. The van der Waals surface area contributed by atoms with E-state index in [1.807, 2.05) is 0 Å². The Bertz CT molecular complexity index is 1080. The third-order valence-corrected chi connectivity index (χ3v) is 5.71. The number of rotatable bonds is 5. The van der Waals surface area contributed by atoms with Crippen molar-refractivity contribution in [3.63, 3.8) is 0 Å². The van der Waals surface area contributed by atoms with Crippen molar-refractivity contribution >= 4 is 27.5 Å². The standard InChI is InChI=1S/C19H16F2N2O4S/c20-19(21)27-11-7-5-10(6-8-11)18(25)26-9-14-22-16(24)15-12-3-1-2-4-13(12)28-17(15)23-14/h5-8,19H,1-4,9H2,(H,22,23,24). The molecule has 4 rings (SSSR count). The Hall–Kier alpha value is -2.81. The van der Waals surface area contributed by atoms with Gasteiger partial charge in [-0.1, -0.05) is 0 Å². The second-order valence-corrected chi connectivity index (χ2v) is 7.47. The smallest absolute Gasteiger partial charge is 0.387 e. The average Bonchev–Trinajstić information content (AvgIpc) is 3.05. The van der Waals surface area contributed by atoms with Crippen LogP contribution in [-0.2, 0) is 24.2 Å². The van der Waals surface area contributed by atoms with Gasteiger partial charge in [-0.25, -0.2) is 9.78 Å². The first-order valence-corrected chi connectivity index (χ1v) is 9.58. The van der Waals surface area contributed by atoms with Crippen LogP contribution in [0.3, 0.4) is 0 Å². The largest absolute Gasteiger partial charge is 0.454 e. The third-order valence-electron chi connectivity index (χ3n) is 4.53. The van der Waals surface area contributed by atoms with Crippen molar-refractivity contribution in [1.82, 2.24) is 9.97 Å². The maximum absolute atomic E-state index is 12.5. The number of benzene rings is 1. The second kappa shape index (κ2) is 7.67. The lowest BCUT2D eigenvalue weighted by Gasteiger charge is -2.09. The lowest BCUT2D eigenvalue weighted by Crippen LogP contribution is -2.15. The first-order valence-electron chi connectivity index (χ1n) is 8.76. The number of H-pyrrole nitrogens is 1. The van der Waals surface area contributed by atoms with Crippen molar-refractivity contribution < 1.29 is 23.0 Å². The number of carbonyl (C=O) groups is 1. The van der Waals surface area contributed by atoms with Gasteiger partial charge in [-0.2, -0.15) is 8.78 Å². The SMILES string of the molecule is O=C(OCc1nc2sc3c(c2c(=O)[nH]1)CCCC3)c1ccc(OC(F)F)cc1. The van der Waals surface area contributed by atoms with Crippen LogP contribution in [0.5, 0.6) is 5.75 Å². The Morgan fingerprint density at radius 2 is 1.96 bits per heavy atom. The topological polar surface area (TPSA) is 81.3 Å². The zero-order valence-corrected chi connectivity index (χ0v) is 15.5. The predicted molar refractivity (Wildman–Crippen MR) is 99.1 cm³/mol. The fourth-order valence-electron chi connectivity index (χ4n) is 3.27. The molecule has 0 aliphatic heterocycles. The van der Waals surface area contributed by atoms with Gasteiger partial charge in [-0.3, -0.25) is 4.79 Å². The summed E-state index contributed by atoms with van der Waals surface area (Å²) in [5.41, 5.74) is 1.05. The number of carbonyl (C=O) groups excluding carboxylic acids is 1. The molecule has 6 nitrogen and oxygen atoms in total. The van der Waals surface area contributed by atoms with Crippen molar-refractivity contribution in [1.29, 1.82) is 0 Å². The molecule has 2 aromatic heterocycles. The molecule has 0 spiro atoms. The predicted octanol–water partition coefficient (Wildman–Crippen LogP) is 3.82. The Morgan fingerprint density at radius 1 is 1.21 bits per heavy atom. The highest BCUT2D eigenvalue weighted by Gasteiger charge is 2.20. The molecule has 0 unspecified atom stereocenters. The average molecular weight is 406 g/mol. The molecule has 0 saturated carbocycles. The summed E-state index contributed by atoms with van der Waals surface area (Å²) in [6.45, 7) is -3.12. The molecule has 28 heavy (non-hydrogen) atoms. The van der Waals surface area contributed by atoms with Crippen LogP contribution in [0.25, 0.3) is 10.2 Å². The number of nitrogens with zero attached hydrogens (tertiary/aromatic N) is 1. The Kier molecular flexibility index (Phi) is 5.08. The van der Waals surface area contributed by atoms with Gasteiger partial charge in [0, 0.05) is 4.88 Å². The summed E-state index contributed by atoms with van der Waals surface area (Å²) in [6, 6.07) is 5.16. The van der Waals surface area contributed by atoms with Crippen LogP contribution in [0.1, 0.15) is 39.5 Å². The van der Waals surface area contributed by atoms with Crippen LogP contribution in [-0.4, -0.2) is 22.5 Å². The third kappa shape index (κ3) is 3.75. The summed E-state index contributed by atoms with van der Waals surface area (Å²) in [5, 5.41) is 0.643. The van der Waals surface area contributed by atoms with Gasteiger partial charge in [0.1, 0.15) is 23.0 Å². The van der Waals surface area contributed by atoms with E-state index < -0.39 is 12.6 Å². The van der Waals surface area contributed by atoms with E-state index in [0.717, 1.165) is 31.2 Å². The number of aromatic nitrogens is 2. The fraction of sp³-hybridized carbons (Fsp3) is 0.316. The number of hydrogen-bond donors (Lipinski definition) is 1. The lowest BCUT2D eigenvalue weighted by molar-refractivity contribution is -0.0498. The van der Waals surface area contributed by atoms with E-state index in [4.69, 9.17) is 4.74 Å². The summed E-state index contributed by atoms with van der Waals surface area (Å²) in [4.78, 5) is 33.6. The fourth-order valence-corrected chi connectivity index (χ4v) is 4.55. The Morgan fingerprint density at radius 3 is 2.71 bits per heavy atom. The number of hydrogen-bond acceptors (Lipinski definition) is 6. The van der Waals surface area contributed by atoms with Gasteiger partial charge in [0.15, 0.2) is 0 Å². The monoisotopic (exact) mass is 406 g/mol. The van der Waals surface area contributed by atoms with Crippen LogP contribution >= 0.6 is 11.3 Å². The minimum absolute atomic E-state index is 0.0512. The van der Waals surface area contributed by atoms with E-state index in [0.29, 0.717) is 10.2 Å². The van der Waals surface area contributed by atoms with Gasteiger partial charge >= 0.3 is 12.6 Å². The van der Waals surface area contributed by atoms with Gasteiger partial charge in [-0.15, -0.1) is 11.3 Å². The van der Waals surface area contributed by atoms with E-state index >= 15 is 0 Å². The van der Waals surface area contributed by atoms with Crippen LogP contribution in [0, 0.1) is 0 Å². The molecule has 0 fully saturated rings. The number of ether oxygens (including phenoxy) is 2. The summed E-state index contributed by atoms with van der Waals surface area (Å²) >= 11 is 1.52. The molecule has 0 atom stereocenters. The highest BCUT2D eigenvalue weighted by molar-refractivity contribution is 7.18. The molecule has 1 aliphatic carbocycles. The van der Waals surface area contributed by atoms with Crippen LogP contribution in [0.4, 0.5) is 8.78 Å². The minimum Gasteiger partial charge on any atom is -0.454 e. The molecular weight excluding hydrogens is 390 g/mol. The molecule has 9 heteroatoms. The van der Waals surface area contributed by atoms with Crippen molar-refractivity contribution in [2.24, 2.45) is 0 Å². The van der Waals surface area contributed by atoms with E-state index in [9.17, 15) is 18.4 Å². The molecule has 0 saturated heterocycles. The molecule has 1 N–H and O–H groups in total. The molecule has 1 aromatic carbocycles. The minimum atomic E-state index is -2.93. The Labute approximate surface area is 162 Å². The van der Waals surface area contributed by atoms with Gasteiger partial charge in [0.2, 0.25) is 0 Å². The summed E-state index contributed by atoms with van der Waals surface area (Å²) in [6.07, 6.45) is 4.03. The first kappa shape index (κ1) is 18.5. The number of halogens is 2. The zero-order chi connectivity index (χ0) is 19.7. The molecule has 146 valence electrons. The van der Waals surface area contributed by atoms with Crippen molar-refractivity contribution in [2.45, 2.75) is 38.9 Å². The van der Waals surface area contributed by atoms with Gasteiger partial charge < -0.3 is 14.5 Å². The second-order valence-electron chi connectivity index (χ2n) is 6.38. The van der Waals surface area contributed by atoms with Crippen LogP contribution in [0.2, 0.25) is 0 Å². The van der Waals surface area contributed by atoms with E-state index in [1.165, 1.54) is 40.5 Å². The molecule has 0 radical (unpaired) electrons. The van der Waals surface area contributed by atoms with Gasteiger partial charge in [-0.05, 0) is 55.5 Å². The maximum Gasteiger partial charge on any atom is 0.387 e. The van der Waals surface area contributed by atoms with Gasteiger partial charge in [0.25, 0.3) is 5.56 Å². The summed E-state index contributed by atoms with van der Waals surface area (Å²) in [7, 11) is 0. The highest BCUT2D eigenvalue weighted by Crippen LogP contribution is 2.33. The Balaban J connectivity index is 1.48. The molecule has 1 aliphatic rings. The number of thiophene rings is 1. The number of alkyl halides is 2. The van der Waals surface area contributed by atoms with E-state index in [-0.39, 0.29) is 29.3 Å².